The second-order valence-corrected chi connectivity index (χ2v) is 4.54. The maximum Gasteiger partial charge on any atom is 0.0561 e. The van der Waals surface area contributed by atoms with Crippen molar-refractivity contribution in [1.29, 1.82) is 0 Å². The third kappa shape index (κ3) is 3.62. The normalized spacial score (nSPS) is 14.8. The van der Waals surface area contributed by atoms with Crippen molar-refractivity contribution in [3.63, 3.8) is 0 Å². The highest BCUT2D eigenvalue weighted by Crippen LogP contribution is 2.21. The number of benzene rings is 1. The van der Waals surface area contributed by atoms with Crippen LogP contribution in [0.25, 0.3) is 0 Å². The third-order valence-electron chi connectivity index (χ3n) is 2.96. The second-order valence-electron chi connectivity index (χ2n) is 4.54. The van der Waals surface area contributed by atoms with Crippen molar-refractivity contribution in [1.82, 2.24) is 5.32 Å². The fourth-order valence-electron chi connectivity index (χ4n) is 2.06. The molecule has 1 N–H and O–H groups in total. The summed E-state index contributed by atoms with van der Waals surface area (Å²) in [6.45, 7) is 6.39. The predicted octanol–water partition coefficient (Wildman–Crippen LogP) is 2.99. The van der Waals surface area contributed by atoms with Gasteiger partial charge in [0.15, 0.2) is 0 Å². The number of methoxy groups -OCH3 is 1. The van der Waals surface area contributed by atoms with Gasteiger partial charge in [0.1, 0.15) is 0 Å². The van der Waals surface area contributed by atoms with Crippen molar-refractivity contribution in [2.24, 2.45) is 0 Å². The van der Waals surface area contributed by atoms with E-state index in [-0.39, 0.29) is 6.10 Å². The summed E-state index contributed by atoms with van der Waals surface area (Å²) in [5, 5.41) is 3.36. The molecule has 2 heteroatoms. The summed E-state index contributed by atoms with van der Waals surface area (Å²) in [6, 6.07) is 7.07. The highest BCUT2D eigenvalue weighted by Gasteiger charge is 2.13. The molecule has 1 aromatic rings. The molecule has 0 aromatic heterocycles. The van der Waals surface area contributed by atoms with Crippen molar-refractivity contribution in [3.8, 4) is 0 Å². The van der Waals surface area contributed by atoms with Crippen molar-refractivity contribution >= 4 is 0 Å². The Labute approximate surface area is 99.0 Å². The molecule has 90 valence electrons. The number of ether oxygens (including phenoxy) is 1. The van der Waals surface area contributed by atoms with E-state index in [0.717, 1.165) is 6.42 Å². The second kappa shape index (κ2) is 6.02. The van der Waals surface area contributed by atoms with E-state index in [0.29, 0.717) is 6.04 Å². The molecule has 0 saturated heterocycles. The number of hydrogen-bond donors (Lipinski definition) is 1. The minimum Gasteiger partial charge on any atom is -0.382 e. The first kappa shape index (κ1) is 13.2. The fourth-order valence-corrected chi connectivity index (χ4v) is 2.06. The Kier molecular flexibility index (Phi) is 4.97. The highest BCUT2D eigenvalue weighted by atomic mass is 16.5. The highest BCUT2D eigenvalue weighted by molar-refractivity contribution is 5.30. The van der Waals surface area contributed by atoms with Crippen molar-refractivity contribution < 1.29 is 4.74 Å². The van der Waals surface area contributed by atoms with Gasteiger partial charge in [-0.2, -0.15) is 0 Å². The van der Waals surface area contributed by atoms with E-state index in [4.69, 9.17) is 4.74 Å². The summed E-state index contributed by atoms with van der Waals surface area (Å²) in [7, 11) is 3.77. The van der Waals surface area contributed by atoms with Crippen LogP contribution in [0.2, 0.25) is 0 Å². The van der Waals surface area contributed by atoms with Crippen LogP contribution in [-0.4, -0.2) is 20.3 Å². The molecule has 2 atom stereocenters. The Hall–Kier alpha value is -0.860. The lowest BCUT2D eigenvalue weighted by molar-refractivity contribution is 0.101. The Bertz CT molecular complexity index is 315. The van der Waals surface area contributed by atoms with Crippen LogP contribution in [0.4, 0.5) is 0 Å². The first-order valence-electron chi connectivity index (χ1n) is 5.85. The molecular weight excluding hydrogens is 198 g/mol. The zero-order valence-corrected chi connectivity index (χ0v) is 11.0. The molecule has 2 unspecified atom stereocenters. The Balaban J connectivity index is 2.86. The van der Waals surface area contributed by atoms with Crippen molar-refractivity contribution in [2.45, 2.75) is 39.3 Å². The van der Waals surface area contributed by atoms with Gasteiger partial charge in [0.25, 0.3) is 0 Å². The molecule has 0 amide bonds. The van der Waals surface area contributed by atoms with Crippen LogP contribution in [0.15, 0.2) is 18.2 Å². The quantitative estimate of drug-likeness (QED) is 0.825. The standard InChI is InChI=1S/C14H23NO/c1-10-6-11(2)8-13(7-10)14(15-4)9-12(3)16-5/h6-8,12,14-15H,9H2,1-5H3. The average Bonchev–Trinajstić information content (AvgIpc) is 2.24. The molecule has 2 nitrogen and oxygen atoms in total. The van der Waals surface area contributed by atoms with Gasteiger partial charge in [-0.25, -0.2) is 0 Å². The van der Waals surface area contributed by atoms with Crippen LogP contribution in [0.1, 0.15) is 36.1 Å². The third-order valence-corrected chi connectivity index (χ3v) is 2.96. The molecule has 0 heterocycles. The van der Waals surface area contributed by atoms with E-state index >= 15 is 0 Å². The molecule has 0 aliphatic heterocycles. The van der Waals surface area contributed by atoms with Gasteiger partial charge >= 0.3 is 0 Å². The summed E-state index contributed by atoms with van der Waals surface area (Å²) in [4.78, 5) is 0. The first-order chi connectivity index (χ1) is 7.56. The van der Waals surface area contributed by atoms with Gasteiger partial charge < -0.3 is 10.1 Å². The molecule has 0 spiro atoms. The van der Waals surface area contributed by atoms with Crippen LogP contribution < -0.4 is 5.32 Å². The van der Waals surface area contributed by atoms with E-state index in [1.807, 2.05) is 7.05 Å². The fraction of sp³-hybridized carbons (Fsp3) is 0.571. The Morgan fingerprint density at radius 2 is 1.75 bits per heavy atom. The lowest BCUT2D eigenvalue weighted by Gasteiger charge is -2.21. The summed E-state index contributed by atoms with van der Waals surface area (Å²) < 4.78 is 5.32. The molecule has 0 fully saturated rings. The number of aryl methyl sites for hydroxylation is 2. The Morgan fingerprint density at radius 3 is 2.19 bits per heavy atom. The van der Waals surface area contributed by atoms with Gasteiger partial charge in [-0.3, -0.25) is 0 Å². The summed E-state index contributed by atoms with van der Waals surface area (Å²) >= 11 is 0. The zero-order valence-electron chi connectivity index (χ0n) is 11.0. The molecule has 1 aromatic carbocycles. The molecule has 1 rings (SSSR count). The summed E-state index contributed by atoms with van der Waals surface area (Å²) in [6.07, 6.45) is 1.27. The molecule has 0 bridgehead atoms. The number of hydrogen-bond acceptors (Lipinski definition) is 2. The van der Waals surface area contributed by atoms with Crippen LogP contribution in [0, 0.1) is 13.8 Å². The molecular formula is C14H23NO. The van der Waals surface area contributed by atoms with E-state index in [9.17, 15) is 0 Å². The van der Waals surface area contributed by atoms with Crippen molar-refractivity contribution in [3.05, 3.63) is 34.9 Å². The topological polar surface area (TPSA) is 21.3 Å². The van der Waals surface area contributed by atoms with E-state index in [1.165, 1.54) is 16.7 Å². The largest absolute Gasteiger partial charge is 0.382 e. The maximum atomic E-state index is 5.32. The molecule has 0 aliphatic carbocycles. The average molecular weight is 221 g/mol. The van der Waals surface area contributed by atoms with Gasteiger partial charge in [0, 0.05) is 13.2 Å². The molecule has 16 heavy (non-hydrogen) atoms. The smallest absolute Gasteiger partial charge is 0.0561 e. The predicted molar refractivity (Wildman–Crippen MR) is 68.8 cm³/mol. The van der Waals surface area contributed by atoms with Gasteiger partial charge in [0.05, 0.1) is 6.10 Å². The maximum absolute atomic E-state index is 5.32. The zero-order chi connectivity index (χ0) is 12.1. The lowest BCUT2D eigenvalue weighted by atomic mass is 9.97. The van der Waals surface area contributed by atoms with Crippen LogP contribution in [-0.2, 0) is 4.74 Å². The number of nitrogens with one attached hydrogen (secondary N) is 1. The monoisotopic (exact) mass is 221 g/mol. The molecule has 0 radical (unpaired) electrons. The minimum atomic E-state index is 0.276. The molecule has 0 aliphatic rings. The van der Waals surface area contributed by atoms with Crippen LogP contribution in [0.5, 0.6) is 0 Å². The summed E-state index contributed by atoms with van der Waals surface area (Å²) in [5.74, 6) is 0. The van der Waals surface area contributed by atoms with Gasteiger partial charge in [-0.05, 0) is 39.8 Å². The minimum absolute atomic E-state index is 0.276. The van der Waals surface area contributed by atoms with E-state index < -0.39 is 0 Å². The Morgan fingerprint density at radius 1 is 1.19 bits per heavy atom. The van der Waals surface area contributed by atoms with E-state index in [1.54, 1.807) is 7.11 Å². The van der Waals surface area contributed by atoms with E-state index in [2.05, 4.69) is 44.3 Å². The van der Waals surface area contributed by atoms with Gasteiger partial charge in [0.2, 0.25) is 0 Å². The van der Waals surface area contributed by atoms with Gasteiger partial charge in [-0.1, -0.05) is 29.3 Å². The van der Waals surface area contributed by atoms with Crippen LogP contribution >= 0.6 is 0 Å². The van der Waals surface area contributed by atoms with Gasteiger partial charge in [-0.15, -0.1) is 0 Å². The number of rotatable bonds is 5. The van der Waals surface area contributed by atoms with Crippen molar-refractivity contribution in [2.75, 3.05) is 14.2 Å². The SMILES string of the molecule is CNC(CC(C)OC)c1cc(C)cc(C)c1. The summed E-state index contributed by atoms with van der Waals surface area (Å²) in [5.41, 5.74) is 3.99. The lowest BCUT2D eigenvalue weighted by Crippen LogP contribution is -2.22. The first-order valence-corrected chi connectivity index (χ1v) is 5.85. The molecule has 0 saturated carbocycles. The van der Waals surface area contributed by atoms with Crippen LogP contribution in [0.3, 0.4) is 0 Å².